The van der Waals surface area contributed by atoms with Crippen LogP contribution in [-0.4, -0.2) is 29.5 Å². The molecule has 1 aromatic carbocycles. The summed E-state index contributed by atoms with van der Waals surface area (Å²) in [4.78, 5) is 15.5. The number of H-pyrrole nitrogens is 1. The second kappa shape index (κ2) is 7.47. The van der Waals surface area contributed by atoms with E-state index in [1.165, 1.54) is 0 Å². The van der Waals surface area contributed by atoms with Crippen LogP contribution >= 0.6 is 12.4 Å². The van der Waals surface area contributed by atoms with E-state index in [2.05, 4.69) is 22.5 Å². The van der Waals surface area contributed by atoms with Crippen molar-refractivity contribution in [3.63, 3.8) is 0 Å². The van der Waals surface area contributed by atoms with Crippen LogP contribution in [0.15, 0.2) is 42.5 Å². The van der Waals surface area contributed by atoms with Gasteiger partial charge in [-0.15, -0.1) is 12.4 Å². The highest BCUT2D eigenvalue weighted by molar-refractivity contribution is 5.93. The van der Waals surface area contributed by atoms with Crippen LogP contribution in [0.2, 0.25) is 0 Å². The third kappa shape index (κ3) is 3.70. The standard InChI is InChI=1S/C17H21N3O.ClH/c1-12-14(8-5-11-18-12)20-17(21)16-10-9-15(19-16)13-6-3-2-4-7-13;/h2-4,6-7,9-10,12,14,18-19H,5,8,11H2,1H3,(H,20,21);1H. The molecular formula is C17H22ClN3O. The van der Waals surface area contributed by atoms with Crippen molar-refractivity contribution in [1.82, 2.24) is 15.6 Å². The Kier molecular flexibility index (Phi) is 5.63. The third-order valence-corrected chi connectivity index (χ3v) is 4.09. The van der Waals surface area contributed by atoms with Gasteiger partial charge in [0.05, 0.1) is 0 Å². The van der Waals surface area contributed by atoms with Crippen molar-refractivity contribution >= 4 is 18.3 Å². The molecule has 4 nitrogen and oxygen atoms in total. The van der Waals surface area contributed by atoms with Crippen LogP contribution in [0.4, 0.5) is 0 Å². The van der Waals surface area contributed by atoms with Crippen LogP contribution in [0.5, 0.6) is 0 Å². The maximum absolute atomic E-state index is 12.3. The zero-order valence-electron chi connectivity index (χ0n) is 12.6. The molecule has 0 saturated carbocycles. The fourth-order valence-electron chi connectivity index (χ4n) is 2.80. The monoisotopic (exact) mass is 319 g/mol. The highest BCUT2D eigenvalue weighted by atomic mass is 35.5. The van der Waals surface area contributed by atoms with Crippen LogP contribution in [0.25, 0.3) is 11.3 Å². The Morgan fingerprint density at radius 3 is 2.68 bits per heavy atom. The summed E-state index contributed by atoms with van der Waals surface area (Å²) in [6.45, 7) is 3.16. The molecule has 2 heterocycles. The van der Waals surface area contributed by atoms with Gasteiger partial charge in [0.2, 0.25) is 0 Å². The lowest BCUT2D eigenvalue weighted by Gasteiger charge is -2.30. The van der Waals surface area contributed by atoms with Crippen molar-refractivity contribution in [3.05, 3.63) is 48.2 Å². The third-order valence-electron chi connectivity index (χ3n) is 4.09. The van der Waals surface area contributed by atoms with Crippen molar-refractivity contribution in [1.29, 1.82) is 0 Å². The number of amides is 1. The molecule has 3 rings (SSSR count). The normalized spacial score (nSPS) is 21.0. The summed E-state index contributed by atoms with van der Waals surface area (Å²) in [6, 6.07) is 14.3. The Hall–Kier alpha value is -1.78. The molecule has 1 amide bonds. The zero-order valence-corrected chi connectivity index (χ0v) is 13.5. The van der Waals surface area contributed by atoms with Crippen molar-refractivity contribution < 1.29 is 4.79 Å². The molecule has 118 valence electrons. The second-order valence-electron chi connectivity index (χ2n) is 5.62. The maximum atomic E-state index is 12.3. The molecule has 1 fully saturated rings. The molecule has 2 unspecified atom stereocenters. The molecule has 0 bridgehead atoms. The predicted octanol–water partition coefficient (Wildman–Crippen LogP) is 2.97. The molecule has 5 heteroatoms. The summed E-state index contributed by atoms with van der Waals surface area (Å²) >= 11 is 0. The van der Waals surface area contributed by atoms with Crippen molar-refractivity contribution in [2.24, 2.45) is 0 Å². The van der Waals surface area contributed by atoms with Gasteiger partial charge in [-0.25, -0.2) is 0 Å². The number of aromatic amines is 1. The lowest BCUT2D eigenvalue weighted by atomic mass is 10.00. The Morgan fingerprint density at radius 1 is 1.18 bits per heavy atom. The van der Waals surface area contributed by atoms with E-state index in [1.54, 1.807) is 0 Å². The number of carbonyl (C=O) groups is 1. The lowest BCUT2D eigenvalue weighted by Crippen LogP contribution is -2.51. The fraction of sp³-hybridized carbons (Fsp3) is 0.353. The van der Waals surface area contributed by atoms with E-state index >= 15 is 0 Å². The van der Waals surface area contributed by atoms with Crippen molar-refractivity contribution in [2.45, 2.75) is 31.8 Å². The average molecular weight is 320 g/mol. The van der Waals surface area contributed by atoms with Crippen molar-refractivity contribution in [2.75, 3.05) is 6.54 Å². The fourth-order valence-corrected chi connectivity index (χ4v) is 2.80. The molecule has 2 aromatic rings. The second-order valence-corrected chi connectivity index (χ2v) is 5.62. The number of aromatic nitrogens is 1. The number of benzene rings is 1. The average Bonchev–Trinajstić information content (AvgIpc) is 3.00. The molecule has 0 radical (unpaired) electrons. The minimum Gasteiger partial charge on any atom is -0.351 e. The van der Waals surface area contributed by atoms with E-state index in [0.29, 0.717) is 11.7 Å². The molecule has 0 spiro atoms. The molecule has 1 aromatic heterocycles. The summed E-state index contributed by atoms with van der Waals surface area (Å²) in [6.07, 6.45) is 2.14. The Bertz CT molecular complexity index is 611. The summed E-state index contributed by atoms with van der Waals surface area (Å²) in [5.41, 5.74) is 2.67. The smallest absolute Gasteiger partial charge is 0.267 e. The van der Waals surface area contributed by atoms with Gasteiger partial charge in [0.1, 0.15) is 5.69 Å². The van der Waals surface area contributed by atoms with Gasteiger partial charge in [-0.2, -0.15) is 0 Å². The largest absolute Gasteiger partial charge is 0.351 e. The van der Waals surface area contributed by atoms with E-state index in [1.807, 2.05) is 42.5 Å². The molecular weight excluding hydrogens is 298 g/mol. The number of piperidine rings is 1. The molecule has 0 aliphatic carbocycles. The summed E-state index contributed by atoms with van der Waals surface area (Å²) in [5, 5.41) is 6.51. The van der Waals surface area contributed by atoms with Gasteiger partial charge in [-0.05, 0) is 44.0 Å². The van der Waals surface area contributed by atoms with Gasteiger partial charge in [0, 0.05) is 17.8 Å². The highest BCUT2D eigenvalue weighted by Gasteiger charge is 2.23. The first-order chi connectivity index (χ1) is 10.2. The number of hydrogen-bond donors (Lipinski definition) is 3. The van der Waals surface area contributed by atoms with Gasteiger partial charge in [0.25, 0.3) is 5.91 Å². The van der Waals surface area contributed by atoms with E-state index in [0.717, 1.165) is 30.6 Å². The predicted molar refractivity (Wildman–Crippen MR) is 91.4 cm³/mol. The topological polar surface area (TPSA) is 56.9 Å². The Morgan fingerprint density at radius 2 is 1.95 bits per heavy atom. The number of hydrogen-bond acceptors (Lipinski definition) is 2. The van der Waals surface area contributed by atoms with Gasteiger partial charge in [-0.3, -0.25) is 4.79 Å². The Balaban J connectivity index is 0.00000176. The van der Waals surface area contributed by atoms with Gasteiger partial charge < -0.3 is 15.6 Å². The van der Waals surface area contributed by atoms with E-state index < -0.39 is 0 Å². The molecule has 1 aliphatic rings. The molecule has 1 aliphatic heterocycles. The van der Waals surface area contributed by atoms with Gasteiger partial charge in [0.15, 0.2) is 0 Å². The molecule has 2 atom stereocenters. The van der Waals surface area contributed by atoms with Gasteiger partial charge >= 0.3 is 0 Å². The molecule has 22 heavy (non-hydrogen) atoms. The number of carbonyl (C=O) groups excluding carboxylic acids is 1. The van der Waals surface area contributed by atoms with Crippen LogP contribution in [0.1, 0.15) is 30.3 Å². The maximum Gasteiger partial charge on any atom is 0.267 e. The van der Waals surface area contributed by atoms with E-state index in [-0.39, 0.29) is 24.4 Å². The quantitative estimate of drug-likeness (QED) is 0.814. The van der Waals surface area contributed by atoms with Crippen LogP contribution < -0.4 is 10.6 Å². The van der Waals surface area contributed by atoms with Crippen LogP contribution in [0.3, 0.4) is 0 Å². The Labute approximate surface area is 137 Å². The number of halogens is 1. The van der Waals surface area contributed by atoms with Crippen molar-refractivity contribution in [3.8, 4) is 11.3 Å². The summed E-state index contributed by atoms with van der Waals surface area (Å²) in [5.74, 6) is -0.0299. The lowest BCUT2D eigenvalue weighted by molar-refractivity contribution is 0.0915. The molecule has 3 N–H and O–H groups in total. The highest BCUT2D eigenvalue weighted by Crippen LogP contribution is 2.18. The first-order valence-corrected chi connectivity index (χ1v) is 7.53. The SMILES string of the molecule is CC1NCCCC1NC(=O)c1ccc(-c2ccccc2)[nH]1.Cl. The molecule has 1 saturated heterocycles. The number of rotatable bonds is 3. The first-order valence-electron chi connectivity index (χ1n) is 7.53. The summed E-state index contributed by atoms with van der Waals surface area (Å²) < 4.78 is 0. The van der Waals surface area contributed by atoms with E-state index in [9.17, 15) is 4.79 Å². The first kappa shape index (κ1) is 16.6. The minimum absolute atomic E-state index is 0. The van der Waals surface area contributed by atoms with Crippen LogP contribution in [0, 0.1) is 0 Å². The van der Waals surface area contributed by atoms with Gasteiger partial charge in [-0.1, -0.05) is 30.3 Å². The van der Waals surface area contributed by atoms with Crippen LogP contribution in [-0.2, 0) is 0 Å². The number of nitrogens with one attached hydrogen (secondary N) is 3. The summed E-state index contributed by atoms with van der Waals surface area (Å²) in [7, 11) is 0. The van der Waals surface area contributed by atoms with E-state index in [4.69, 9.17) is 0 Å². The zero-order chi connectivity index (χ0) is 14.7. The minimum atomic E-state index is -0.0299.